The lowest BCUT2D eigenvalue weighted by Crippen LogP contribution is -2.36. The Kier molecular flexibility index (Phi) is 7.39. The van der Waals surface area contributed by atoms with E-state index in [1.54, 1.807) is 24.3 Å². The molecule has 0 bridgehead atoms. The molecule has 250 valence electrons. The topological polar surface area (TPSA) is 119 Å². The van der Waals surface area contributed by atoms with Crippen LogP contribution in [0.3, 0.4) is 0 Å². The fourth-order valence-electron chi connectivity index (χ4n) is 7.14. The van der Waals surface area contributed by atoms with Gasteiger partial charge >= 0.3 is 10.6 Å². The summed E-state index contributed by atoms with van der Waals surface area (Å²) in [5, 5.41) is 33.7. The van der Waals surface area contributed by atoms with Gasteiger partial charge in [0.05, 0.1) is 22.3 Å². The van der Waals surface area contributed by atoms with Gasteiger partial charge in [-0.15, -0.1) is 4.68 Å². The number of hydrogen-bond acceptors (Lipinski definition) is 5. The number of aromatic nitrogens is 8. The van der Waals surface area contributed by atoms with E-state index in [4.69, 9.17) is 24.4 Å². The van der Waals surface area contributed by atoms with Crippen LogP contribution in [0.25, 0.3) is 61.6 Å². The maximum atomic E-state index is 10.4. The number of phenolic OH excluding ortho intramolecular Hbond substituents is 2. The number of aromatic hydroxyl groups is 2. The van der Waals surface area contributed by atoms with Crippen molar-refractivity contribution in [1.82, 2.24) is 34.0 Å². The highest BCUT2D eigenvalue weighted by molar-refractivity contribution is 7.71. The summed E-state index contributed by atoms with van der Waals surface area (Å²) < 4.78 is 9.24. The van der Waals surface area contributed by atoms with Gasteiger partial charge in [0.2, 0.25) is 0 Å². The number of aromatic amines is 3. The van der Waals surface area contributed by atoms with Gasteiger partial charge in [-0.05, 0) is 142 Å². The number of hydrogen-bond donors (Lipinski definition) is 5. The molecule has 50 heavy (non-hydrogen) atoms. The minimum atomic E-state index is 0.191. The third-order valence-electron chi connectivity index (χ3n) is 9.67. The van der Waals surface area contributed by atoms with E-state index in [0.29, 0.717) is 15.4 Å². The van der Waals surface area contributed by atoms with E-state index < -0.39 is 0 Å². The molecular formula is C38H35N8O2S2+. The predicted molar refractivity (Wildman–Crippen MR) is 201 cm³/mol. The maximum absolute atomic E-state index is 10.4. The maximum Gasteiger partial charge on any atom is 0.321 e. The van der Waals surface area contributed by atoms with Crippen LogP contribution in [0.15, 0.2) is 79.0 Å². The molecule has 10 nitrogen and oxygen atoms in total. The normalized spacial score (nSPS) is 11.7. The number of rotatable bonds is 6. The number of H-pyrrole nitrogens is 3. The monoisotopic (exact) mass is 699 g/mol. The summed E-state index contributed by atoms with van der Waals surface area (Å²) in [6.07, 6.45) is 2.10. The Balaban J connectivity index is 1.44. The molecule has 0 unspecified atom stereocenters. The van der Waals surface area contributed by atoms with Gasteiger partial charge in [0.15, 0.2) is 16.3 Å². The van der Waals surface area contributed by atoms with Crippen LogP contribution in [0.2, 0.25) is 0 Å². The summed E-state index contributed by atoms with van der Waals surface area (Å²) in [6, 6.07) is 23.1. The zero-order valence-corrected chi connectivity index (χ0v) is 29.8. The first-order chi connectivity index (χ1) is 24.1. The van der Waals surface area contributed by atoms with Crippen molar-refractivity contribution in [2.75, 3.05) is 0 Å². The first-order valence-corrected chi connectivity index (χ1v) is 17.1. The molecule has 0 aliphatic carbocycles. The van der Waals surface area contributed by atoms with E-state index >= 15 is 0 Å². The van der Waals surface area contributed by atoms with Gasteiger partial charge in [-0.3, -0.25) is 9.67 Å². The standard InChI is InChI=1S/C38H34N8O2S2/c1-6-43-17-16-28-29(43)8-7-9-30(28)45-36(27-13-11-25(48)19-21(27)3)46(42-38(45)50)32-15-14-31(33-22(4)23(5)39-34(32)33)44-35(40-41-37(44)49)26-12-10-24(47)18-20(26)2/h7-19,39H,6H2,1-5H3,(H3,40,41,42,47,49,50)/p+1. The Morgan fingerprint density at radius 3 is 2.22 bits per heavy atom. The third-order valence-corrected chi connectivity index (χ3v) is 10.2. The Morgan fingerprint density at radius 1 is 0.800 bits per heavy atom. The lowest BCUT2D eigenvalue weighted by molar-refractivity contribution is -0.645. The lowest BCUT2D eigenvalue weighted by atomic mass is 10.1. The fourth-order valence-corrected chi connectivity index (χ4v) is 7.64. The van der Waals surface area contributed by atoms with Crippen LogP contribution in [-0.2, 0) is 6.54 Å². The van der Waals surface area contributed by atoms with Gasteiger partial charge in [0, 0.05) is 34.8 Å². The van der Waals surface area contributed by atoms with E-state index in [2.05, 4.69) is 92.8 Å². The average Bonchev–Trinajstić information content (AvgIpc) is 3.84. The molecule has 8 aromatic rings. The Morgan fingerprint density at radius 2 is 1.52 bits per heavy atom. The summed E-state index contributed by atoms with van der Waals surface area (Å²) in [6.45, 7) is 11.1. The largest absolute Gasteiger partial charge is 0.508 e. The number of phenols is 2. The molecule has 4 aromatic heterocycles. The number of aryl methyl sites for hydroxylation is 5. The molecule has 0 spiro atoms. The highest BCUT2D eigenvalue weighted by Crippen LogP contribution is 2.36. The molecule has 0 saturated carbocycles. The molecule has 0 radical (unpaired) electrons. The van der Waals surface area contributed by atoms with Crippen LogP contribution >= 0.6 is 24.4 Å². The van der Waals surface area contributed by atoms with Crippen LogP contribution < -0.4 is 4.68 Å². The predicted octanol–water partition coefficient (Wildman–Crippen LogP) is 8.49. The van der Waals surface area contributed by atoms with Crippen molar-refractivity contribution in [2.24, 2.45) is 0 Å². The van der Waals surface area contributed by atoms with E-state index in [-0.39, 0.29) is 11.5 Å². The summed E-state index contributed by atoms with van der Waals surface area (Å²) >= 11 is 12.0. The molecule has 0 aliphatic heterocycles. The number of benzene rings is 4. The van der Waals surface area contributed by atoms with Crippen LogP contribution in [0.5, 0.6) is 11.5 Å². The van der Waals surface area contributed by atoms with Crippen molar-refractivity contribution in [1.29, 1.82) is 0 Å². The fraction of sp³-hybridized carbons (Fsp3) is 0.158. The molecule has 0 aliphatic rings. The van der Waals surface area contributed by atoms with Gasteiger partial charge in [0.1, 0.15) is 17.2 Å². The summed E-state index contributed by atoms with van der Waals surface area (Å²) in [5.41, 5.74) is 10.3. The number of nitrogens with zero attached hydrogens (tertiary/aromatic N) is 5. The van der Waals surface area contributed by atoms with Crippen molar-refractivity contribution in [3.63, 3.8) is 0 Å². The smallest absolute Gasteiger partial charge is 0.321 e. The van der Waals surface area contributed by atoms with Gasteiger partial charge < -0.3 is 19.8 Å². The molecule has 4 heterocycles. The summed E-state index contributed by atoms with van der Waals surface area (Å²) in [5.74, 6) is 1.84. The average molecular weight is 700 g/mol. The molecule has 0 atom stereocenters. The van der Waals surface area contributed by atoms with Gasteiger partial charge in [0.25, 0.3) is 0 Å². The second kappa shape index (κ2) is 11.7. The van der Waals surface area contributed by atoms with Crippen molar-refractivity contribution in [3.8, 4) is 51.3 Å². The lowest BCUT2D eigenvalue weighted by Gasteiger charge is -2.13. The van der Waals surface area contributed by atoms with Gasteiger partial charge in [-0.2, -0.15) is 14.8 Å². The molecule has 5 N–H and O–H groups in total. The number of fused-ring (bicyclic) bond motifs is 2. The zero-order valence-electron chi connectivity index (χ0n) is 28.2. The summed E-state index contributed by atoms with van der Waals surface area (Å²) in [7, 11) is 0. The van der Waals surface area contributed by atoms with Crippen molar-refractivity contribution < 1.29 is 14.9 Å². The van der Waals surface area contributed by atoms with Crippen molar-refractivity contribution in [2.45, 2.75) is 41.2 Å². The molecule has 0 fully saturated rings. The van der Waals surface area contributed by atoms with Gasteiger partial charge in [-0.25, -0.2) is 0 Å². The highest BCUT2D eigenvalue weighted by Gasteiger charge is 2.31. The minimum absolute atomic E-state index is 0.191. The van der Waals surface area contributed by atoms with E-state index in [9.17, 15) is 10.2 Å². The molecule has 4 aromatic carbocycles. The second-order valence-corrected chi connectivity index (χ2v) is 13.4. The van der Waals surface area contributed by atoms with Crippen LogP contribution in [0.4, 0.5) is 0 Å². The summed E-state index contributed by atoms with van der Waals surface area (Å²) in [4.78, 5) is 3.67. The van der Waals surface area contributed by atoms with Crippen LogP contribution in [0, 0.1) is 37.2 Å². The third kappa shape index (κ3) is 4.74. The van der Waals surface area contributed by atoms with E-state index in [0.717, 1.165) is 84.7 Å². The van der Waals surface area contributed by atoms with Gasteiger partial charge in [-0.1, -0.05) is 6.07 Å². The van der Waals surface area contributed by atoms with Crippen LogP contribution in [-0.4, -0.2) is 44.2 Å². The first kappa shape index (κ1) is 31.5. The van der Waals surface area contributed by atoms with Crippen molar-refractivity contribution >= 4 is 46.2 Å². The Bertz CT molecular complexity index is 2770. The minimum Gasteiger partial charge on any atom is -0.508 e. The number of nitrogens with one attached hydrogen (secondary N) is 3. The Hall–Kier alpha value is -5.72. The SMILES string of the molecule is CCn1ccc2c(-n3c(-c4ccc(O)cc4C)[n+](-c4ccc(-n5c(-c6ccc(O)cc6C)n[nH]c5=S)c5c(C)c(C)[nH]c45)[nH]c3=S)cccc21. The van der Waals surface area contributed by atoms with Crippen molar-refractivity contribution in [3.05, 3.63) is 111 Å². The zero-order chi connectivity index (χ0) is 35.0. The second-order valence-electron chi connectivity index (χ2n) is 12.6. The quantitative estimate of drug-likeness (QED) is 0.0881. The molecule has 0 amide bonds. The van der Waals surface area contributed by atoms with E-state index in [1.165, 1.54) is 0 Å². The molecular weight excluding hydrogens is 665 g/mol. The van der Waals surface area contributed by atoms with Crippen LogP contribution in [0.1, 0.15) is 29.3 Å². The molecule has 0 saturated heterocycles. The Labute approximate surface area is 297 Å². The first-order valence-electron chi connectivity index (χ1n) is 16.3. The molecule has 12 heteroatoms. The highest BCUT2D eigenvalue weighted by atomic mass is 32.1. The molecule has 8 rings (SSSR count). The van der Waals surface area contributed by atoms with E-state index in [1.807, 2.05) is 35.2 Å².